The molecule has 102 valence electrons. The molecule has 0 bridgehead atoms. The van der Waals surface area contributed by atoms with Crippen molar-refractivity contribution in [2.45, 2.75) is 33.0 Å². The molecule has 2 rings (SSSR count). The summed E-state index contributed by atoms with van der Waals surface area (Å²) in [6.07, 6.45) is 3.85. The second kappa shape index (κ2) is 6.38. The van der Waals surface area contributed by atoms with Gasteiger partial charge in [-0.3, -0.25) is 0 Å². The number of nitrogens with zero attached hydrogens (tertiary/aromatic N) is 2. The van der Waals surface area contributed by atoms with Crippen LogP contribution in [-0.4, -0.2) is 16.7 Å². The summed E-state index contributed by atoms with van der Waals surface area (Å²) in [4.78, 5) is 4.36. The Hall–Kier alpha value is -1.81. The van der Waals surface area contributed by atoms with Crippen LogP contribution >= 0.6 is 0 Å². The number of methoxy groups -OCH3 is 1. The Bertz CT molecular complexity index is 522. The van der Waals surface area contributed by atoms with Crippen molar-refractivity contribution < 1.29 is 4.74 Å². The number of hydrogen-bond acceptors (Lipinski definition) is 3. The summed E-state index contributed by atoms with van der Waals surface area (Å²) >= 11 is 0. The molecule has 1 N–H and O–H groups in total. The Labute approximate surface area is 114 Å². The zero-order valence-corrected chi connectivity index (χ0v) is 11.8. The Morgan fingerprint density at radius 1 is 1.42 bits per heavy atom. The minimum Gasteiger partial charge on any atom is -0.497 e. The van der Waals surface area contributed by atoms with Crippen molar-refractivity contribution in [2.24, 2.45) is 0 Å². The molecule has 4 heteroatoms. The third kappa shape index (κ3) is 3.35. The zero-order chi connectivity index (χ0) is 13.7. The molecule has 0 amide bonds. The third-order valence-corrected chi connectivity index (χ3v) is 3.30. The van der Waals surface area contributed by atoms with Gasteiger partial charge in [0.2, 0.25) is 0 Å². The molecule has 1 aromatic carbocycles. The van der Waals surface area contributed by atoms with Gasteiger partial charge in [-0.2, -0.15) is 0 Å². The number of aryl methyl sites for hydroxylation is 1. The van der Waals surface area contributed by atoms with Crippen LogP contribution in [0, 0.1) is 0 Å². The summed E-state index contributed by atoms with van der Waals surface area (Å²) in [6, 6.07) is 8.40. The van der Waals surface area contributed by atoms with Gasteiger partial charge in [-0.25, -0.2) is 4.98 Å². The minimum absolute atomic E-state index is 0.261. The molecule has 0 spiro atoms. The number of nitrogens with one attached hydrogen (secondary N) is 1. The van der Waals surface area contributed by atoms with E-state index in [1.54, 1.807) is 7.11 Å². The van der Waals surface area contributed by atoms with Gasteiger partial charge in [0.1, 0.15) is 11.6 Å². The van der Waals surface area contributed by atoms with Crippen LogP contribution in [0.3, 0.4) is 0 Å². The van der Waals surface area contributed by atoms with E-state index in [0.29, 0.717) is 0 Å². The standard InChI is InChI=1S/C15H21N3O/c1-4-18-9-8-16-15(18)11-17-12(2)13-6-5-7-14(10-13)19-3/h5-10,12,17H,4,11H2,1-3H3. The van der Waals surface area contributed by atoms with E-state index >= 15 is 0 Å². The molecule has 19 heavy (non-hydrogen) atoms. The van der Waals surface area contributed by atoms with Gasteiger partial charge in [0.05, 0.1) is 13.7 Å². The van der Waals surface area contributed by atoms with E-state index in [0.717, 1.165) is 24.7 Å². The van der Waals surface area contributed by atoms with Crippen LogP contribution in [0.5, 0.6) is 5.75 Å². The molecule has 1 atom stereocenters. The highest BCUT2D eigenvalue weighted by Gasteiger charge is 2.08. The van der Waals surface area contributed by atoms with Gasteiger partial charge in [0.15, 0.2) is 0 Å². The Morgan fingerprint density at radius 3 is 3.00 bits per heavy atom. The fourth-order valence-electron chi connectivity index (χ4n) is 2.07. The predicted octanol–water partition coefficient (Wildman–Crippen LogP) is 2.76. The van der Waals surface area contributed by atoms with Crippen molar-refractivity contribution in [3.63, 3.8) is 0 Å². The van der Waals surface area contributed by atoms with Gasteiger partial charge in [0.25, 0.3) is 0 Å². The summed E-state index contributed by atoms with van der Waals surface area (Å²) in [5, 5.41) is 3.49. The van der Waals surface area contributed by atoms with E-state index in [4.69, 9.17) is 4.74 Å². The van der Waals surface area contributed by atoms with Gasteiger partial charge >= 0.3 is 0 Å². The summed E-state index contributed by atoms with van der Waals surface area (Å²) in [5.74, 6) is 1.96. The lowest BCUT2D eigenvalue weighted by molar-refractivity contribution is 0.413. The highest BCUT2D eigenvalue weighted by molar-refractivity contribution is 5.30. The first kappa shape index (κ1) is 13.6. The Balaban J connectivity index is 1.99. The van der Waals surface area contributed by atoms with Gasteiger partial charge in [-0.1, -0.05) is 12.1 Å². The summed E-state index contributed by atoms with van der Waals surface area (Å²) in [5.41, 5.74) is 1.22. The average molecular weight is 259 g/mol. The van der Waals surface area contributed by atoms with Crippen LogP contribution in [-0.2, 0) is 13.1 Å². The fourth-order valence-corrected chi connectivity index (χ4v) is 2.07. The molecule has 0 radical (unpaired) electrons. The number of aromatic nitrogens is 2. The van der Waals surface area contributed by atoms with Gasteiger partial charge in [0, 0.05) is 25.0 Å². The molecule has 0 fully saturated rings. The number of hydrogen-bond donors (Lipinski definition) is 1. The summed E-state index contributed by atoms with van der Waals surface area (Å²) < 4.78 is 7.39. The molecule has 0 aliphatic heterocycles. The molecule has 0 aliphatic carbocycles. The van der Waals surface area contributed by atoms with Crippen molar-refractivity contribution in [2.75, 3.05) is 7.11 Å². The first-order chi connectivity index (χ1) is 9.24. The highest BCUT2D eigenvalue weighted by atomic mass is 16.5. The van der Waals surface area contributed by atoms with Crippen LogP contribution in [0.1, 0.15) is 31.3 Å². The second-order valence-corrected chi connectivity index (χ2v) is 4.51. The molecule has 4 nitrogen and oxygen atoms in total. The first-order valence-electron chi connectivity index (χ1n) is 6.62. The molecule has 1 unspecified atom stereocenters. The lowest BCUT2D eigenvalue weighted by Gasteiger charge is -2.15. The second-order valence-electron chi connectivity index (χ2n) is 4.51. The van der Waals surface area contributed by atoms with Crippen LogP contribution in [0.25, 0.3) is 0 Å². The number of imidazole rings is 1. The van der Waals surface area contributed by atoms with Crippen LogP contribution in [0.4, 0.5) is 0 Å². The minimum atomic E-state index is 0.261. The predicted molar refractivity (Wildman–Crippen MR) is 76.1 cm³/mol. The van der Waals surface area contributed by atoms with E-state index < -0.39 is 0 Å². The number of benzene rings is 1. The topological polar surface area (TPSA) is 39.1 Å². The maximum absolute atomic E-state index is 5.25. The van der Waals surface area contributed by atoms with E-state index in [1.165, 1.54) is 5.56 Å². The van der Waals surface area contributed by atoms with E-state index in [1.807, 2.05) is 24.5 Å². The number of ether oxygens (including phenoxy) is 1. The van der Waals surface area contributed by atoms with E-state index in [2.05, 4.69) is 40.8 Å². The van der Waals surface area contributed by atoms with Gasteiger partial charge in [-0.05, 0) is 31.5 Å². The van der Waals surface area contributed by atoms with Crippen molar-refractivity contribution in [1.82, 2.24) is 14.9 Å². The molecule has 1 heterocycles. The Kier molecular flexibility index (Phi) is 4.58. The van der Waals surface area contributed by atoms with Crippen molar-refractivity contribution >= 4 is 0 Å². The SMILES string of the molecule is CCn1ccnc1CNC(C)c1cccc(OC)c1. The fraction of sp³-hybridized carbons (Fsp3) is 0.400. The summed E-state index contributed by atoms with van der Waals surface area (Å²) in [6.45, 7) is 5.98. The number of rotatable bonds is 6. The smallest absolute Gasteiger partial charge is 0.122 e. The maximum atomic E-state index is 5.25. The van der Waals surface area contributed by atoms with Crippen LogP contribution in [0.2, 0.25) is 0 Å². The average Bonchev–Trinajstić information content (AvgIpc) is 2.92. The molecule has 0 saturated carbocycles. The highest BCUT2D eigenvalue weighted by Crippen LogP contribution is 2.18. The Morgan fingerprint density at radius 2 is 2.26 bits per heavy atom. The lowest BCUT2D eigenvalue weighted by Crippen LogP contribution is -2.20. The normalized spacial score (nSPS) is 12.4. The van der Waals surface area contributed by atoms with Crippen LogP contribution in [0.15, 0.2) is 36.7 Å². The molecule has 0 aliphatic rings. The molecule has 0 saturated heterocycles. The molecular formula is C15H21N3O. The van der Waals surface area contributed by atoms with E-state index in [-0.39, 0.29) is 6.04 Å². The first-order valence-corrected chi connectivity index (χ1v) is 6.62. The molecular weight excluding hydrogens is 238 g/mol. The molecule has 1 aromatic heterocycles. The lowest BCUT2D eigenvalue weighted by atomic mass is 10.1. The van der Waals surface area contributed by atoms with Gasteiger partial charge < -0.3 is 14.6 Å². The zero-order valence-electron chi connectivity index (χ0n) is 11.8. The summed E-state index contributed by atoms with van der Waals surface area (Å²) in [7, 11) is 1.69. The maximum Gasteiger partial charge on any atom is 0.122 e. The monoisotopic (exact) mass is 259 g/mol. The van der Waals surface area contributed by atoms with Crippen LogP contribution < -0.4 is 10.1 Å². The third-order valence-electron chi connectivity index (χ3n) is 3.30. The largest absolute Gasteiger partial charge is 0.497 e. The van der Waals surface area contributed by atoms with Crippen molar-refractivity contribution in [3.05, 3.63) is 48.0 Å². The van der Waals surface area contributed by atoms with Crippen molar-refractivity contribution in [3.8, 4) is 5.75 Å². The van der Waals surface area contributed by atoms with Gasteiger partial charge in [-0.15, -0.1) is 0 Å². The quantitative estimate of drug-likeness (QED) is 0.867. The molecule has 2 aromatic rings. The van der Waals surface area contributed by atoms with E-state index in [9.17, 15) is 0 Å². The van der Waals surface area contributed by atoms with Crippen molar-refractivity contribution in [1.29, 1.82) is 0 Å².